The first kappa shape index (κ1) is 37.3. The van der Waals surface area contributed by atoms with E-state index in [0.29, 0.717) is 39.7 Å². The molecule has 10 heteroatoms. The lowest BCUT2D eigenvalue weighted by Crippen LogP contribution is -2.10. The molecule has 0 amide bonds. The average molecular weight is 713 g/mol. The minimum absolute atomic E-state index is 0.120. The summed E-state index contributed by atoms with van der Waals surface area (Å²) < 4.78 is 32.2. The summed E-state index contributed by atoms with van der Waals surface area (Å²) in [5.74, 6) is -0.156. The van der Waals surface area contributed by atoms with Crippen molar-refractivity contribution in [2.45, 2.75) is 6.92 Å². The molecule has 10 nitrogen and oxygen atoms in total. The Hall–Kier alpha value is -6.94. The minimum atomic E-state index is -0.532. The SMILES string of the molecule is C=CC(=O)OCCOc1ccc(-c2ccc(C(=O)Oc3ccc(OC(=O)c4ccc(-c5ccc(OCCOC(=O)C=C)cc5)cc4)c(C)c3)cc2)cc1. The van der Waals surface area contributed by atoms with Crippen molar-refractivity contribution >= 4 is 23.9 Å². The van der Waals surface area contributed by atoms with Gasteiger partial charge in [-0.25, -0.2) is 19.2 Å². The van der Waals surface area contributed by atoms with Crippen molar-refractivity contribution in [3.05, 3.63) is 157 Å². The smallest absolute Gasteiger partial charge is 0.343 e. The summed E-state index contributed by atoms with van der Waals surface area (Å²) in [5.41, 5.74) is 4.99. The molecule has 5 rings (SSSR count). The quantitative estimate of drug-likeness (QED) is 0.0431. The van der Waals surface area contributed by atoms with Gasteiger partial charge in [-0.3, -0.25) is 0 Å². The molecule has 0 aromatic heterocycles. The third kappa shape index (κ3) is 10.8. The number of benzene rings is 5. The van der Waals surface area contributed by atoms with E-state index in [0.717, 1.165) is 34.4 Å². The van der Waals surface area contributed by atoms with E-state index < -0.39 is 23.9 Å². The van der Waals surface area contributed by atoms with Crippen LogP contribution in [0.4, 0.5) is 0 Å². The first-order valence-corrected chi connectivity index (χ1v) is 16.5. The third-order valence-corrected chi connectivity index (χ3v) is 7.70. The van der Waals surface area contributed by atoms with Crippen molar-refractivity contribution in [2.75, 3.05) is 26.4 Å². The zero-order chi connectivity index (χ0) is 37.6. The topological polar surface area (TPSA) is 124 Å². The number of ether oxygens (including phenoxy) is 6. The monoisotopic (exact) mass is 712 g/mol. The van der Waals surface area contributed by atoms with Crippen LogP contribution in [0.2, 0.25) is 0 Å². The van der Waals surface area contributed by atoms with E-state index in [9.17, 15) is 19.2 Å². The van der Waals surface area contributed by atoms with Crippen molar-refractivity contribution in [1.29, 1.82) is 0 Å². The summed E-state index contributed by atoms with van der Waals surface area (Å²) in [4.78, 5) is 48.1. The van der Waals surface area contributed by atoms with Gasteiger partial charge in [-0.1, -0.05) is 61.7 Å². The molecule has 0 aliphatic rings. The van der Waals surface area contributed by atoms with Crippen LogP contribution < -0.4 is 18.9 Å². The lowest BCUT2D eigenvalue weighted by molar-refractivity contribution is -0.139. The van der Waals surface area contributed by atoms with E-state index >= 15 is 0 Å². The van der Waals surface area contributed by atoms with E-state index in [4.69, 9.17) is 28.4 Å². The average Bonchev–Trinajstić information content (AvgIpc) is 3.19. The highest BCUT2D eigenvalue weighted by molar-refractivity contribution is 5.93. The van der Waals surface area contributed by atoms with Gasteiger partial charge in [0, 0.05) is 12.2 Å². The molecule has 5 aromatic rings. The lowest BCUT2D eigenvalue weighted by Gasteiger charge is -2.11. The number of carbonyl (C=O) groups excluding carboxylic acids is 4. The van der Waals surface area contributed by atoms with Gasteiger partial charge in [-0.2, -0.15) is 0 Å². The summed E-state index contributed by atoms with van der Waals surface area (Å²) in [6, 6.07) is 33.6. The second-order valence-electron chi connectivity index (χ2n) is 11.3. The van der Waals surface area contributed by atoms with Crippen molar-refractivity contribution in [2.24, 2.45) is 0 Å². The summed E-state index contributed by atoms with van der Waals surface area (Å²) in [6.07, 6.45) is 2.20. The van der Waals surface area contributed by atoms with Crippen LogP contribution in [0.25, 0.3) is 22.3 Å². The second kappa shape index (κ2) is 18.3. The molecule has 0 aliphatic carbocycles. The largest absolute Gasteiger partial charge is 0.490 e. The van der Waals surface area contributed by atoms with Gasteiger partial charge in [0.25, 0.3) is 0 Å². The first-order valence-electron chi connectivity index (χ1n) is 16.5. The van der Waals surface area contributed by atoms with E-state index in [1.807, 2.05) is 72.8 Å². The fourth-order valence-electron chi connectivity index (χ4n) is 4.93. The first-order chi connectivity index (χ1) is 25.7. The number of esters is 4. The molecular weight excluding hydrogens is 676 g/mol. The fraction of sp³-hybridized carbons (Fsp3) is 0.116. The lowest BCUT2D eigenvalue weighted by atomic mass is 10.0. The maximum Gasteiger partial charge on any atom is 0.343 e. The number of rotatable bonds is 16. The van der Waals surface area contributed by atoms with Crippen molar-refractivity contribution in [3.63, 3.8) is 0 Å². The Bertz CT molecular complexity index is 2060. The van der Waals surface area contributed by atoms with E-state index in [-0.39, 0.29) is 26.4 Å². The van der Waals surface area contributed by atoms with Crippen LogP contribution in [0.1, 0.15) is 26.3 Å². The molecule has 0 N–H and O–H groups in total. The summed E-state index contributed by atoms with van der Waals surface area (Å²) in [5, 5.41) is 0. The molecule has 0 bridgehead atoms. The third-order valence-electron chi connectivity index (χ3n) is 7.70. The molecule has 0 saturated heterocycles. The van der Waals surface area contributed by atoms with Gasteiger partial charge in [0.2, 0.25) is 0 Å². The van der Waals surface area contributed by atoms with Gasteiger partial charge in [0.15, 0.2) is 0 Å². The van der Waals surface area contributed by atoms with Crippen LogP contribution in [-0.2, 0) is 19.1 Å². The zero-order valence-corrected chi connectivity index (χ0v) is 28.9. The Kier molecular flexibility index (Phi) is 12.9. The normalized spacial score (nSPS) is 10.4. The molecular formula is C43H36O10. The predicted molar refractivity (Wildman–Crippen MR) is 198 cm³/mol. The number of aryl methyl sites for hydroxylation is 1. The standard InChI is InChI=1S/C43H36O10/c1-4-40(44)50-26-24-48-36-18-14-32(15-19-36)30-6-10-34(11-7-30)42(46)52-38-22-23-39(29(3)28-38)53-43(47)35-12-8-31(9-13-35)33-16-20-37(21-17-33)49-25-27-51-41(45)5-2/h4-23,28H,1-2,24-27H2,3H3. The van der Waals surface area contributed by atoms with Crippen LogP contribution in [0.15, 0.2) is 141 Å². The van der Waals surface area contributed by atoms with Crippen molar-refractivity contribution in [1.82, 2.24) is 0 Å². The molecule has 0 unspecified atom stereocenters. The maximum atomic E-state index is 12.9. The Balaban J connectivity index is 1.10. The van der Waals surface area contributed by atoms with Gasteiger partial charge in [-0.05, 0) is 101 Å². The van der Waals surface area contributed by atoms with Crippen LogP contribution >= 0.6 is 0 Å². The van der Waals surface area contributed by atoms with Gasteiger partial charge < -0.3 is 28.4 Å². The van der Waals surface area contributed by atoms with Crippen LogP contribution in [-0.4, -0.2) is 50.3 Å². The highest BCUT2D eigenvalue weighted by Gasteiger charge is 2.14. The fourth-order valence-corrected chi connectivity index (χ4v) is 4.93. The van der Waals surface area contributed by atoms with E-state index in [2.05, 4.69) is 13.2 Å². The summed E-state index contributed by atoms with van der Waals surface area (Å²) in [6.45, 7) is 9.12. The maximum absolute atomic E-state index is 12.9. The van der Waals surface area contributed by atoms with E-state index in [1.165, 1.54) is 0 Å². The molecule has 268 valence electrons. The Morgan fingerprint density at radius 2 is 0.868 bits per heavy atom. The molecule has 5 aromatic carbocycles. The Labute approximate surface area is 306 Å². The van der Waals surface area contributed by atoms with Gasteiger partial charge in [-0.15, -0.1) is 0 Å². The van der Waals surface area contributed by atoms with Gasteiger partial charge in [0.1, 0.15) is 49.4 Å². The number of hydrogen-bond donors (Lipinski definition) is 0. The van der Waals surface area contributed by atoms with Crippen LogP contribution in [0.5, 0.6) is 23.0 Å². The second-order valence-corrected chi connectivity index (χ2v) is 11.3. The molecule has 0 spiro atoms. The minimum Gasteiger partial charge on any atom is -0.490 e. The van der Waals surface area contributed by atoms with Gasteiger partial charge >= 0.3 is 23.9 Å². The number of hydrogen-bond acceptors (Lipinski definition) is 10. The van der Waals surface area contributed by atoms with Crippen molar-refractivity contribution < 1.29 is 47.6 Å². The zero-order valence-electron chi connectivity index (χ0n) is 28.9. The van der Waals surface area contributed by atoms with Crippen LogP contribution in [0, 0.1) is 6.92 Å². The van der Waals surface area contributed by atoms with Crippen LogP contribution in [0.3, 0.4) is 0 Å². The van der Waals surface area contributed by atoms with E-state index in [1.54, 1.807) is 49.4 Å². The van der Waals surface area contributed by atoms with Gasteiger partial charge in [0.05, 0.1) is 11.1 Å². The molecule has 0 saturated carbocycles. The molecule has 0 radical (unpaired) electrons. The molecule has 0 aliphatic heterocycles. The highest BCUT2D eigenvalue weighted by Crippen LogP contribution is 2.28. The Morgan fingerprint density at radius 1 is 0.491 bits per heavy atom. The number of carbonyl (C=O) groups is 4. The summed E-state index contributed by atoms with van der Waals surface area (Å²) in [7, 11) is 0. The summed E-state index contributed by atoms with van der Waals surface area (Å²) >= 11 is 0. The van der Waals surface area contributed by atoms with Crippen molar-refractivity contribution in [3.8, 4) is 45.3 Å². The Morgan fingerprint density at radius 3 is 1.26 bits per heavy atom. The molecule has 53 heavy (non-hydrogen) atoms. The molecule has 0 fully saturated rings. The molecule has 0 heterocycles. The highest BCUT2D eigenvalue weighted by atomic mass is 16.6. The molecule has 0 atom stereocenters. The predicted octanol–water partition coefficient (Wildman–Crippen LogP) is 7.98.